The number of hydrogen-bond acceptors (Lipinski definition) is 5. The monoisotopic (exact) mass is 613 g/mol. The van der Waals surface area contributed by atoms with Gasteiger partial charge in [0, 0.05) is 43.4 Å². The zero-order valence-electron chi connectivity index (χ0n) is 25.4. The summed E-state index contributed by atoms with van der Waals surface area (Å²) in [5, 5.41) is 11.1. The lowest BCUT2D eigenvalue weighted by Gasteiger charge is -2.22. The minimum Gasteiger partial charge on any atom is -0.456 e. The van der Waals surface area contributed by atoms with Gasteiger partial charge in [-0.25, -0.2) is 15.0 Å². The highest BCUT2D eigenvalue weighted by Crippen LogP contribution is 2.50. The van der Waals surface area contributed by atoms with Gasteiger partial charge in [-0.2, -0.15) is 0 Å². The maximum atomic E-state index is 6.81. The van der Waals surface area contributed by atoms with Gasteiger partial charge in [0.05, 0.1) is 5.56 Å². The molecule has 0 N–H and O–H groups in total. The fraction of sp³-hybridized carbons (Fsp3) is 0. The lowest BCUT2D eigenvalue weighted by atomic mass is 9.92. The Morgan fingerprint density at radius 2 is 1.02 bits per heavy atom. The number of fused-ring (bicyclic) bond motifs is 5. The first-order valence-corrected chi connectivity index (χ1v) is 16.0. The molecule has 8 aromatic carbocycles. The van der Waals surface area contributed by atoms with Gasteiger partial charge in [-0.05, 0) is 45.8 Å². The molecule has 0 amide bonds. The van der Waals surface area contributed by atoms with Gasteiger partial charge in [0.15, 0.2) is 17.5 Å². The number of ether oxygens (including phenoxy) is 1. The van der Waals surface area contributed by atoms with E-state index in [1.165, 1.54) is 10.8 Å². The Labute approximate surface area is 273 Å². The molecule has 0 saturated carbocycles. The molecule has 0 aliphatic carbocycles. The predicted octanol–water partition coefficient (Wildman–Crippen LogP) is 11.5. The van der Waals surface area contributed by atoms with Gasteiger partial charge in [-0.15, -0.1) is 0 Å². The molecule has 0 spiro atoms. The van der Waals surface area contributed by atoms with Crippen LogP contribution >= 0.6 is 0 Å². The van der Waals surface area contributed by atoms with Crippen LogP contribution in [0, 0.1) is 0 Å². The zero-order chi connectivity index (χ0) is 31.3. The molecule has 10 aromatic rings. The number of rotatable bonds is 3. The van der Waals surface area contributed by atoms with Crippen molar-refractivity contribution in [3.05, 3.63) is 140 Å². The van der Waals surface area contributed by atoms with Crippen LogP contribution in [0.15, 0.2) is 144 Å². The Kier molecular flexibility index (Phi) is 5.05. The molecule has 3 heterocycles. The van der Waals surface area contributed by atoms with Crippen molar-refractivity contribution in [3.63, 3.8) is 0 Å². The minimum atomic E-state index is 0.556. The van der Waals surface area contributed by atoms with Crippen molar-refractivity contribution in [2.45, 2.75) is 0 Å². The quantitative estimate of drug-likeness (QED) is 0.186. The molecule has 0 bridgehead atoms. The van der Waals surface area contributed by atoms with E-state index in [1.54, 1.807) is 0 Å². The molecule has 1 aliphatic rings. The number of furan rings is 1. The molecule has 0 fully saturated rings. The summed E-state index contributed by atoms with van der Waals surface area (Å²) < 4.78 is 13.1. The van der Waals surface area contributed by atoms with E-state index in [1.807, 2.05) is 66.7 Å². The van der Waals surface area contributed by atoms with Gasteiger partial charge in [0.25, 0.3) is 0 Å². The summed E-state index contributed by atoms with van der Waals surface area (Å²) in [5.41, 5.74) is 4.33. The third-order valence-corrected chi connectivity index (χ3v) is 9.67. The second kappa shape index (κ2) is 9.47. The van der Waals surface area contributed by atoms with Crippen molar-refractivity contribution in [1.82, 2.24) is 15.0 Å². The van der Waals surface area contributed by atoms with Crippen LogP contribution in [-0.4, -0.2) is 15.0 Å². The van der Waals surface area contributed by atoms with E-state index in [0.29, 0.717) is 17.5 Å². The second-order valence-electron chi connectivity index (χ2n) is 12.3. The molecule has 5 heteroatoms. The van der Waals surface area contributed by atoms with Crippen LogP contribution in [0.4, 0.5) is 0 Å². The molecule has 1 aliphatic heterocycles. The maximum absolute atomic E-state index is 6.81. The van der Waals surface area contributed by atoms with Gasteiger partial charge < -0.3 is 9.15 Å². The molecule has 0 unspecified atom stereocenters. The highest BCUT2D eigenvalue weighted by Gasteiger charge is 2.25. The smallest absolute Gasteiger partial charge is 0.167 e. The molecule has 0 atom stereocenters. The van der Waals surface area contributed by atoms with E-state index in [4.69, 9.17) is 24.1 Å². The number of benzene rings is 8. The summed E-state index contributed by atoms with van der Waals surface area (Å²) in [6.45, 7) is 0. The Morgan fingerprint density at radius 3 is 1.88 bits per heavy atom. The molecule has 11 rings (SSSR count). The van der Waals surface area contributed by atoms with Gasteiger partial charge in [0.1, 0.15) is 22.7 Å². The number of para-hydroxylation sites is 1. The minimum absolute atomic E-state index is 0.556. The van der Waals surface area contributed by atoms with Crippen molar-refractivity contribution < 1.29 is 9.15 Å². The molecule has 0 saturated heterocycles. The van der Waals surface area contributed by atoms with Crippen molar-refractivity contribution in [3.8, 4) is 45.7 Å². The Hall–Kier alpha value is -6.59. The number of nitrogens with zero attached hydrogens (tertiary/aromatic N) is 3. The molecule has 2 aromatic heterocycles. The maximum Gasteiger partial charge on any atom is 0.167 e. The summed E-state index contributed by atoms with van der Waals surface area (Å²) in [6, 6.07) is 47.9. The van der Waals surface area contributed by atoms with Crippen LogP contribution in [0.3, 0.4) is 0 Å². The number of hydrogen-bond donors (Lipinski definition) is 0. The van der Waals surface area contributed by atoms with Crippen LogP contribution in [0.5, 0.6) is 11.5 Å². The highest BCUT2D eigenvalue weighted by atomic mass is 16.5. The Bertz CT molecular complexity index is 2980. The van der Waals surface area contributed by atoms with E-state index in [-0.39, 0.29) is 0 Å². The van der Waals surface area contributed by atoms with Crippen LogP contribution in [0.25, 0.3) is 99.2 Å². The van der Waals surface area contributed by atoms with E-state index >= 15 is 0 Å². The van der Waals surface area contributed by atoms with Gasteiger partial charge in [0.2, 0.25) is 0 Å². The van der Waals surface area contributed by atoms with E-state index in [0.717, 1.165) is 82.4 Å². The molecule has 48 heavy (non-hydrogen) atoms. The fourth-order valence-electron chi connectivity index (χ4n) is 7.53. The normalized spacial score (nSPS) is 12.3. The summed E-state index contributed by atoms with van der Waals surface area (Å²) in [7, 11) is 0. The van der Waals surface area contributed by atoms with Crippen molar-refractivity contribution in [2.75, 3.05) is 0 Å². The van der Waals surface area contributed by atoms with Crippen LogP contribution < -0.4 is 4.74 Å². The molecular formula is C43H23N3O2. The van der Waals surface area contributed by atoms with Crippen molar-refractivity contribution >= 4 is 65.0 Å². The average molecular weight is 614 g/mol. The van der Waals surface area contributed by atoms with Gasteiger partial charge >= 0.3 is 0 Å². The topological polar surface area (TPSA) is 61.0 Å². The van der Waals surface area contributed by atoms with Crippen LogP contribution in [-0.2, 0) is 0 Å². The van der Waals surface area contributed by atoms with Gasteiger partial charge in [-0.1, -0.05) is 115 Å². The average Bonchev–Trinajstić information content (AvgIpc) is 3.54. The summed E-state index contributed by atoms with van der Waals surface area (Å²) in [5.74, 6) is 3.35. The first-order valence-electron chi connectivity index (χ1n) is 16.0. The summed E-state index contributed by atoms with van der Waals surface area (Å²) in [4.78, 5) is 15.5. The summed E-state index contributed by atoms with van der Waals surface area (Å²) in [6.07, 6.45) is 0. The fourth-order valence-corrected chi connectivity index (χ4v) is 7.53. The first kappa shape index (κ1) is 25.6. The SMILES string of the molecule is c1ccc(-c2nc(-c3ccc4ccc5ccc6cccc7c6c5c4c3O7)nc(-c3cccc4ccc5oc6ccccc6c5c34)n2)cc1. The zero-order valence-corrected chi connectivity index (χ0v) is 25.4. The molecule has 0 radical (unpaired) electrons. The first-order chi connectivity index (χ1) is 23.8. The summed E-state index contributed by atoms with van der Waals surface area (Å²) >= 11 is 0. The van der Waals surface area contributed by atoms with E-state index < -0.39 is 0 Å². The van der Waals surface area contributed by atoms with Crippen LogP contribution in [0.1, 0.15) is 0 Å². The predicted molar refractivity (Wildman–Crippen MR) is 194 cm³/mol. The third-order valence-electron chi connectivity index (χ3n) is 9.67. The largest absolute Gasteiger partial charge is 0.456 e. The van der Waals surface area contributed by atoms with Gasteiger partial charge in [-0.3, -0.25) is 0 Å². The molecular weight excluding hydrogens is 590 g/mol. The molecule has 222 valence electrons. The van der Waals surface area contributed by atoms with Crippen molar-refractivity contribution in [2.24, 2.45) is 0 Å². The Morgan fingerprint density at radius 1 is 0.375 bits per heavy atom. The van der Waals surface area contributed by atoms with E-state index in [2.05, 4.69) is 72.8 Å². The Balaban J connectivity index is 1.24. The van der Waals surface area contributed by atoms with Crippen molar-refractivity contribution in [1.29, 1.82) is 0 Å². The lowest BCUT2D eigenvalue weighted by Crippen LogP contribution is -2.03. The standard InChI is InChI=1S/C43H23N3O2/c1-2-8-28(9-3-1)41-44-42(30-13-6-10-24-21-23-34-39(35(24)30)29-12-4-5-14-32(29)47-34)46-43(45-41)31-22-20-27-19-18-26-17-16-25-11-7-15-33-36(25)37(26)38(27)40(31)48-33/h1-23H. The second-order valence-corrected chi connectivity index (χ2v) is 12.3. The third kappa shape index (κ3) is 3.53. The number of aromatic nitrogens is 3. The molecule has 5 nitrogen and oxygen atoms in total. The van der Waals surface area contributed by atoms with Crippen LogP contribution in [0.2, 0.25) is 0 Å². The lowest BCUT2D eigenvalue weighted by molar-refractivity contribution is 0.494. The highest BCUT2D eigenvalue weighted by molar-refractivity contribution is 6.26. The van der Waals surface area contributed by atoms with E-state index in [9.17, 15) is 0 Å².